The van der Waals surface area contributed by atoms with Crippen LogP contribution in [0.4, 0.5) is 11.4 Å². The first-order chi connectivity index (χ1) is 14.4. The molecule has 0 saturated heterocycles. The number of hydrogen-bond acceptors (Lipinski definition) is 5. The number of aromatic nitrogens is 2. The summed E-state index contributed by atoms with van der Waals surface area (Å²) in [6.07, 6.45) is 3.15. The summed E-state index contributed by atoms with van der Waals surface area (Å²) >= 11 is 4.86. The van der Waals surface area contributed by atoms with Crippen LogP contribution in [0.15, 0.2) is 70.3 Å². The number of nitrogens with one attached hydrogen (secondary N) is 2. The number of amides is 2. The maximum atomic E-state index is 12.4. The average molecular weight is 489 g/mol. The van der Waals surface area contributed by atoms with E-state index in [1.807, 2.05) is 31.2 Å². The predicted molar refractivity (Wildman–Crippen MR) is 122 cm³/mol. The van der Waals surface area contributed by atoms with Crippen LogP contribution in [0.5, 0.6) is 5.75 Å². The maximum absolute atomic E-state index is 12.4. The number of hydrogen-bond donors (Lipinski definition) is 2. The predicted octanol–water partition coefficient (Wildman–Crippen LogP) is 4.41. The lowest BCUT2D eigenvalue weighted by Gasteiger charge is -2.11. The summed E-state index contributed by atoms with van der Waals surface area (Å²) in [6.45, 7) is 1.87. The molecule has 0 fully saturated rings. The number of anilines is 2. The van der Waals surface area contributed by atoms with Crippen LogP contribution in [0.2, 0.25) is 0 Å². The van der Waals surface area contributed by atoms with Gasteiger partial charge in [0.05, 0.1) is 24.2 Å². The fourth-order valence-corrected chi connectivity index (χ4v) is 3.68. The lowest BCUT2D eigenvalue weighted by atomic mass is 10.3. The minimum absolute atomic E-state index is 0.0328. The van der Waals surface area contributed by atoms with Crippen molar-refractivity contribution in [2.24, 2.45) is 0 Å². The van der Waals surface area contributed by atoms with Gasteiger partial charge in [0.2, 0.25) is 11.8 Å². The zero-order valence-corrected chi connectivity index (χ0v) is 18.9. The standard InChI is InChI=1S/C21H21BrN4O3S/c1-14(30-19-9-3-15(22)4-10-19)21(28)25-17-11-23-26(12-17)13-20(27)24-16-5-7-18(29-2)8-6-16/h3-12,14H,13H2,1-2H3,(H,24,27)(H,25,28). The van der Waals surface area contributed by atoms with Gasteiger partial charge in [0, 0.05) is 21.3 Å². The summed E-state index contributed by atoms with van der Waals surface area (Å²) in [5.74, 6) is 0.360. The van der Waals surface area contributed by atoms with Crippen LogP contribution in [0.25, 0.3) is 0 Å². The lowest BCUT2D eigenvalue weighted by Crippen LogP contribution is -2.22. The number of benzene rings is 2. The average Bonchev–Trinajstić information content (AvgIpc) is 3.16. The van der Waals surface area contributed by atoms with Crippen LogP contribution < -0.4 is 15.4 Å². The summed E-state index contributed by atoms with van der Waals surface area (Å²) in [6, 6.07) is 14.8. The van der Waals surface area contributed by atoms with Crippen molar-refractivity contribution < 1.29 is 14.3 Å². The Morgan fingerprint density at radius 1 is 1.10 bits per heavy atom. The number of methoxy groups -OCH3 is 1. The van der Waals surface area contributed by atoms with E-state index >= 15 is 0 Å². The van der Waals surface area contributed by atoms with Crippen LogP contribution in [0.3, 0.4) is 0 Å². The highest BCUT2D eigenvalue weighted by atomic mass is 79.9. The van der Waals surface area contributed by atoms with Gasteiger partial charge < -0.3 is 15.4 Å². The minimum atomic E-state index is -0.284. The van der Waals surface area contributed by atoms with Crippen LogP contribution in [-0.4, -0.2) is 34.0 Å². The summed E-state index contributed by atoms with van der Waals surface area (Å²) < 4.78 is 7.56. The summed E-state index contributed by atoms with van der Waals surface area (Å²) in [4.78, 5) is 25.7. The molecule has 2 amide bonds. The fourth-order valence-electron chi connectivity index (χ4n) is 2.55. The van der Waals surface area contributed by atoms with Crippen molar-refractivity contribution >= 4 is 50.9 Å². The van der Waals surface area contributed by atoms with E-state index in [2.05, 4.69) is 31.7 Å². The van der Waals surface area contributed by atoms with Crippen molar-refractivity contribution in [1.82, 2.24) is 9.78 Å². The first kappa shape index (κ1) is 21.9. The van der Waals surface area contributed by atoms with E-state index in [4.69, 9.17) is 4.74 Å². The molecule has 0 spiro atoms. The second-order valence-corrected chi connectivity index (χ2v) is 8.74. The van der Waals surface area contributed by atoms with Crippen LogP contribution in [0.1, 0.15) is 6.92 Å². The van der Waals surface area contributed by atoms with Gasteiger partial charge in [0.15, 0.2) is 0 Å². The van der Waals surface area contributed by atoms with Gasteiger partial charge in [-0.25, -0.2) is 0 Å². The Bertz CT molecular complexity index is 1010. The van der Waals surface area contributed by atoms with Crippen LogP contribution in [0, 0.1) is 0 Å². The van der Waals surface area contributed by atoms with Crippen molar-refractivity contribution in [3.63, 3.8) is 0 Å². The number of carbonyl (C=O) groups excluding carboxylic acids is 2. The number of nitrogens with zero attached hydrogens (tertiary/aromatic N) is 2. The second kappa shape index (κ2) is 10.3. The first-order valence-corrected chi connectivity index (χ1v) is 10.8. The molecule has 0 radical (unpaired) electrons. The highest BCUT2D eigenvalue weighted by Crippen LogP contribution is 2.25. The van der Waals surface area contributed by atoms with Gasteiger partial charge in [0.25, 0.3) is 0 Å². The molecule has 1 aromatic heterocycles. The Hall–Kier alpha value is -2.78. The quantitative estimate of drug-likeness (QED) is 0.458. The molecule has 3 rings (SSSR count). The van der Waals surface area contributed by atoms with Gasteiger partial charge in [-0.3, -0.25) is 14.3 Å². The molecule has 0 aliphatic carbocycles. The molecular formula is C21H21BrN4O3S. The maximum Gasteiger partial charge on any atom is 0.246 e. The SMILES string of the molecule is COc1ccc(NC(=O)Cn2cc(NC(=O)C(C)Sc3ccc(Br)cc3)cn2)cc1. The Balaban J connectivity index is 1.50. The zero-order valence-electron chi connectivity index (χ0n) is 16.5. The first-order valence-electron chi connectivity index (χ1n) is 9.12. The molecule has 1 heterocycles. The van der Waals surface area contributed by atoms with E-state index in [1.165, 1.54) is 22.6 Å². The summed E-state index contributed by atoms with van der Waals surface area (Å²) in [5.41, 5.74) is 1.21. The van der Waals surface area contributed by atoms with Crippen molar-refractivity contribution in [1.29, 1.82) is 0 Å². The lowest BCUT2D eigenvalue weighted by molar-refractivity contribution is -0.117. The van der Waals surface area contributed by atoms with Crippen LogP contribution in [-0.2, 0) is 16.1 Å². The van der Waals surface area contributed by atoms with E-state index in [9.17, 15) is 9.59 Å². The number of carbonyl (C=O) groups is 2. The smallest absolute Gasteiger partial charge is 0.246 e. The van der Waals surface area contributed by atoms with Crippen molar-refractivity contribution in [2.75, 3.05) is 17.7 Å². The van der Waals surface area contributed by atoms with Crippen molar-refractivity contribution in [2.45, 2.75) is 23.6 Å². The molecule has 1 unspecified atom stereocenters. The van der Waals surface area contributed by atoms with Crippen molar-refractivity contribution in [3.05, 3.63) is 65.4 Å². The molecule has 2 aromatic carbocycles. The molecule has 0 saturated carbocycles. The molecule has 1 atom stereocenters. The van der Waals surface area contributed by atoms with Gasteiger partial charge in [-0.15, -0.1) is 11.8 Å². The van der Waals surface area contributed by atoms with E-state index in [0.29, 0.717) is 17.1 Å². The van der Waals surface area contributed by atoms with Gasteiger partial charge in [-0.05, 0) is 55.5 Å². The zero-order chi connectivity index (χ0) is 21.5. The molecule has 3 aromatic rings. The molecule has 0 aliphatic heterocycles. The van der Waals surface area contributed by atoms with E-state index in [1.54, 1.807) is 37.6 Å². The highest BCUT2D eigenvalue weighted by Gasteiger charge is 2.15. The van der Waals surface area contributed by atoms with E-state index in [0.717, 1.165) is 9.37 Å². The number of thioether (sulfide) groups is 1. The van der Waals surface area contributed by atoms with E-state index < -0.39 is 0 Å². The van der Waals surface area contributed by atoms with Gasteiger partial charge in [-0.2, -0.15) is 5.10 Å². The Morgan fingerprint density at radius 2 is 1.80 bits per heavy atom. The third-order valence-corrected chi connectivity index (χ3v) is 5.72. The summed E-state index contributed by atoms with van der Waals surface area (Å²) in [5, 5.41) is 9.48. The normalized spacial score (nSPS) is 11.6. The molecule has 0 aliphatic rings. The summed E-state index contributed by atoms with van der Waals surface area (Å²) in [7, 11) is 1.59. The van der Waals surface area contributed by atoms with Gasteiger partial charge in [-0.1, -0.05) is 15.9 Å². The van der Waals surface area contributed by atoms with Gasteiger partial charge in [0.1, 0.15) is 12.3 Å². The minimum Gasteiger partial charge on any atom is -0.497 e. The Labute approximate surface area is 187 Å². The molecule has 9 heteroatoms. The van der Waals surface area contributed by atoms with Crippen LogP contribution >= 0.6 is 27.7 Å². The third-order valence-electron chi connectivity index (χ3n) is 4.08. The topological polar surface area (TPSA) is 85.2 Å². The molecule has 30 heavy (non-hydrogen) atoms. The highest BCUT2D eigenvalue weighted by molar-refractivity contribution is 9.10. The molecule has 7 nitrogen and oxygen atoms in total. The molecular weight excluding hydrogens is 468 g/mol. The number of rotatable bonds is 8. The van der Waals surface area contributed by atoms with Gasteiger partial charge >= 0.3 is 0 Å². The number of ether oxygens (including phenoxy) is 1. The van der Waals surface area contributed by atoms with E-state index in [-0.39, 0.29) is 23.6 Å². The van der Waals surface area contributed by atoms with Crippen molar-refractivity contribution in [3.8, 4) is 5.75 Å². The largest absolute Gasteiger partial charge is 0.497 e. The Morgan fingerprint density at radius 3 is 2.47 bits per heavy atom. The number of halogens is 1. The molecule has 0 bridgehead atoms. The third kappa shape index (κ3) is 6.36. The monoisotopic (exact) mass is 488 g/mol. The second-order valence-electron chi connectivity index (χ2n) is 6.41. The fraction of sp³-hybridized carbons (Fsp3) is 0.190. The Kier molecular flexibility index (Phi) is 7.53. The molecule has 2 N–H and O–H groups in total. The molecule has 156 valence electrons.